The van der Waals surface area contributed by atoms with E-state index in [0.29, 0.717) is 13.0 Å². The van der Waals surface area contributed by atoms with Gasteiger partial charge in [-0.05, 0) is 19.9 Å². The third-order valence-corrected chi connectivity index (χ3v) is 1.69. The lowest BCUT2D eigenvalue weighted by Crippen LogP contribution is -2.38. The molecular formula is C10H16N2O2. The molecule has 0 bridgehead atoms. The van der Waals surface area contributed by atoms with Crippen molar-refractivity contribution in [3.05, 3.63) is 24.2 Å². The molecule has 1 heterocycles. The van der Waals surface area contributed by atoms with E-state index in [1.54, 1.807) is 12.5 Å². The molecule has 0 aromatic carbocycles. The molecule has 0 saturated carbocycles. The number of carbonyl (C=O) groups is 1. The third-order valence-electron chi connectivity index (χ3n) is 1.69. The van der Waals surface area contributed by atoms with Gasteiger partial charge in [0.2, 0.25) is 5.91 Å². The standard InChI is InChI=1S/C10H16N2O2/c1-10(2,11)5-9(13)12-6-8-3-4-14-7-8/h3-4,7H,5-6,11H2,1-2H3,(H,12,13). The van der Waals surface area contributed by atoms with Crippen LogP contribution in [0, 0.1) is 0 Å². The van der Waals surface area contributed by atoms with Gasteiger partial charge in [0.05, 0.1) is 12.5 Å². The average molecular weight is 196 g/mol. The summed E-state index contributed by atoms with van der Waals surface area (Å²) in [6.07, 6.45) is 3.51. The molecule has 3 N–H and O–H groups in total. The van der Waals surface area contributed by atoms with Crippen molar-refractivity contribution < 1.29 is 9.21 Å². The van der Waals surface area contributed by atoms with Gasteiger partial charge in [0.25, 0.3) is 0 Å². The SMILES string of the molecule is CC(C)(N)CC(=O)NCc1ccoc1. The number of hydrogen-bond acceptors (Lipinski definition) is 3. The van der Waals surface area contributed by atoms with Crippen LogP contribution in [0.2, 0.25) is 0 Å². The smallest absolute Gasteiger partial charge is 0.222 e. The summed E-state index contributed by atoms with van der Waals surface area (Å²) in [5.74, 6) is -0.0429. The van der Waals surface area contributed by atoms with Crippen molar-refractivity contribution in [1.29, 1.82) is 0 Å². The van der Waals surface area contributed by atoms with E-state index in [2.05, 4.69) is 5.32 Å². The van der Waals surface area contributed by atoms with E-state index in [4.69, 9.17) is 10.2 Å². The molecule has 0 fully saturated rings. The van der Waals surface area contributed by atoms with Crippen LogP contribution >= 0.6 is 0 Å². The summed E-state index contributed by atoms with van der Waals surface area (Å²) in [5.41, 5.74) is 6.20. The van der Waals surface area contributed by atoms with E-state index in [9.17, 15) is 4.79 Å². The Hall–Kier alpha value is -1.29. The number of rotatable bonds is 4. The molecule has 14 heavy (non-hydrogen) atoms. The Labute approximate surface area is 83.5 Å². The van der Waals surface area contributed by atoms with Gasteiger partial charge in [-0.2, -0.15) is 0 Å². The van der Waals surface area contributed by atoms with Crippen molar-refractivity contribution in [3.8, 4) is 0 Å². The quantitative estimate of drug-likeness (QED) is 0.755. The molecule has 1 aromatic rings. The Balaban J connectivity index is 2.29. The molecule has 0 unspecified atom stereocenters. The fraction of sp³-hybridized carbons (Fsp3) is 0.500. The van der Waals surface area contributed by atoms with Gasteiger partial charge in [-0.25, -0.2) is 0 Å². The summed E-state index contributed by atoms with van der Waals surface area (Å²) >= 11 is 0. The summed E-state index contributed by atoms with van der Waals surface area (Å²) in [5, 5.41) is 2.76. The minimum Gasteiger partial charge on any atom is -0.472 e. The summed E-state index contributed by atoms with van der Waals surface area (Å²) in [7, 11) is 0. The fourth-order valence-electron chi connectivity index (χ4n) is 1.07. The van der Waals surface area contributed by atoms with Gasteiger partial charge in [0.15, 0.2) is 0 Å². The molecule has 78 valence electrons. The maximum absolute atomic E-state index is 11.3. The lowest BCUT2D eigenvalue weighted by molar-refractivity contribution is -0.122. The molecule has 0 saturated heterocycles. The van der Waals surface area contributed by atoms with Crippen molar-refractivity contribution in [1.82, 2.24) is 5.32 Å². The maximum atomic E-state index is 11.3. The molecule has 1 aromatic heterocycles. The zero-order chi connectivity index (χ0) is 10.6. The van der Waals surface area contributed by atoms with Crippen molar-refractivity contribution >= 4 is 5.91 Å². The van der Waals surface area contributed by atoms with Crippen LogP contribution in [0.5, 0.6) is 0 Å². The van der Waals surface area contributed by atoms with Gasteiger partial charge in [-0.3, -0.25) is 4.79 Å². The van der Waals surface area contributed by atoms with Gasteiger partial charge in [-0.15, -0.1) is 0 Å². The van der Waals surface area contributed by atoms with Crippen LogP contribution in [0.3, 0.4) is 0 Å². The van der Waals surface area contributed by atoms with Crippen LogP contribution in [0.4, 0.5) is 0 Å². The Morgan fingerprint density at radius 2 is 2.36 bits per heavy atom. The second kappa shape index (κ2) is 4.28. The van der Waals surface area contributed by atoms with Crippen LogP contribution in [-0.4, -0.2) is 11.4 Å². The Morgan fingerprint density at radius 1 is 1.64 bits per heavy atom. The number of carbonyl (C=O) groups excluding carboxylic acids is 1. The second-order valence-corrected chi connectivity index (χ2v) is 4.07. The average Bonchev–Trinajstić information content (AvgIpc) is 2.49. The van der Waals surface area contributed by atoms with Crippen molar-refractivity contribution in [2.45, 2.75) is 32.4 Å². The number of hydrogen-bond donors (Lipinski definition) is 2. The highest BCUT2D eigenvalue weighted by molar-refractivity contribution is 5.77. The van der Waals surface area contributed by atoms with E-state index in [1.807, 2.05) is 19.9 Å². The highest BCUT2D eigenvalue weighted by Gasteiger charge is 2.15. The largest absolute Gasteiger partial charge is 0.472 e. The summed E-state index contributed by atoms with van der Waals surface area (Å²) < 4.78 is 4.87. The molecule has 1 rings (SSSR count). The number of nitrogens with two attached hydrogens (primary N) is 1. The molecule has 0 atom stereocenters. The fourth-order valence-corrected chi connectivity index (χ4v) is 1.07. The van der Waals surface area contributed by atoms with Crippen LogP contribution in [0.25, 0.3) is 0 Å². The summed E-state index contributed by atoms with van der Waals surface area (Å²) in [6, 6.07) is 1.81. The molecule has 4 nitrogen and oxygen atoms in total. The van der Waals surface area contributed by atoms with Gasteiger partial charge in [0.1, 0.15) is 0 Å². The van der Waals surface area contributed by atoms with Crippen molar-refractivity contribution in [3.63, 3.8) is 0 Å². The van der Waals surface area contributed by atoms with Crippen molar-refractivity contribution in [2.75, 3.05) is 0 Å². The topological polar surface area (TPSA) is 68.3 Å². The number of nitrogens with one attached hydrogen (secondary N) is 1. The first kappa shape index (κ1) is 10.8. The van der Waals surface area contributed by atoms with Crippen LogP contribution < -0.4 is 11.1 Å². The summed E-state index contributed by atoms with van der Waals surface area (Å²) in [4.78, 5) is 11.3. The zero-order valence-corrected chi connectivity index (χ0v) is 8.54. The maximum Gasteiger partial charge on any atom is 0.222 e. The predicted octanol–water partition coefficient (Wildman–Crippen LogP) is 1.02. The highest BCUT2D eigenvalue weighted by atomic mass is 16.3. The molecule has 0 aliphatic carbocycles. The Kier molecular flexibility index (Phi) is 3.30. The Bertz CT molecular complexity index is 286. The molecule has 0 spiro atoms. The van der Waals surface area contributed by atoms with Gasteiger partial charge < -0.3 is 15.5 Å². The van der Waals surface area contributed by atoms with E-state index < -0.39 is 5.54 Å². The lowest BCUT2D eigenvalue weighted by Gasteiger charge is -2.17. The third kappa shape index (κ3) is 4.09. The van der Waals surface area contributed by atoms with E-state index >= 15 is 0 Å². The number of amides is 1. The molecule has 1 amide bonds. The van der Waals surface area contributed by atoms with Gasteiger partial charge in [0, 0.05) is 24.1 Å². The lowest BCUT2D eigenvalue weighted by atomic mass is 10.0. The van der Waals surface area contributed by atoms with Gasteiger partial charge in [-0.1, -0.05) is 0 Å². The Morgan fingerprint density at radius 3 is 2.86 bits per heavy atom. The summed E-state index contributed by atoms with van der Waals surface area (Å²) in [6.45, 7) is 4.14. The first-order valence-electron chi connectivity index (χ1n) is 4.54. The van der Waals surface area contributed by atoms with E-state index in [1.165, 1.54) is 0 Å². The van der Waals surface area contributed by atoms with Crippen LogP contribution in [-0.2, 0) is 11.3 Å². The van der Waals surface area contributed by atoms with Crippen molar-refractivity contribution in [2.24, 2.45) is 5.73 Å². The van der Waals surface area contributed by atoms with Crippen LogP contribution in [0.15, 0.2) is 23.0 Å². The first-order chi connectivity index (χ1) is 6.47. The monoisotopic (exact) mass is 196 g/mol. The predicted molar refractivity (Wildman–Crippen MR) is 53.4 cm³/mol. The van der Waals surface area contributed by atoms with E-state index in [-0.39, 0.29) is 5.91 Å². The molecule has 0 aliphatic heterocycles. The highest BCUT2D eigenvalue weighted by Crippen LogP contribution is 2.04. The molecular weight excluding hydrogens is 180 g/mol. The minimum atomic E-state index is -0.458. The van der Waals surface area contributed by atoms with E-state index in [0.717, 1.165) is 5.56 Å². The van der Waals surface area contributed by atoms with Crippen LogP contribution in [0.1, 0.15) is 25.8 Å². The van der Waals surface area contributed by atoms with Gasteiger partial charge >= 0.3 is 0 Å². The molecule has 0 aliphatic rings. The second-order valence-electron chi connectivity index (χ2n) is 4.07. The first-order valence-corrected chi connectivity index (χ1v) is 4.54. The normalized spacial score (nSPS) is 11.4. The molecule has 4 heteroatoms. The molecule has 0 radical (unpaired) electrons. The number of furan rings is 1. The minimum absolute atomic E-state index is 0.0429. The zero-order valence-electron chi connectivity index (χ0n) is 8.54.